The van der Waals surface area contributed by atoms with Gasteiger partial charge in [0.05, 0.1) is 0 Å². The maximum absolute atomic E-state index is 10.9. The minimum Gasteiger partial charge on any atom is -0.507 e. The van der Waals surface area contributed by atoms with Gasteiger partial charge in [0, 0.05) is 47.8 Å². The molecule has 0 fully saturated rings. The largest absolute Gasteiger partial charge is 0.507 e. The highest BCUT2D eigenvalue weighted by Gasteiger charge is 2.25. The summed E-state index contributed by atoms with van der Waals surface area (Å²) in [6, 6.07) is 8.33. The number of nitrogens with zero attached hydrogens (tertiary/aromatic N) is 2. The average Bonchev–Trinajstić information content (AvgIpc) is 2.71. The molecule has 0 radical (unpaired) electrons. The lowest BCUT2D eigenvalue weighted by Crippen LogP contribution is -2.17. The summed E-state index contributed by atoms with van der Waals surface area (Å²) in [5, 5.41) is 21.9. The number of rotatable bonds is 6. The molecule has 0 spiro atoms. The van der Waals surface area contributed by atoms with Gasteiger partial charge in [0.1, 0.15) is 11.5 Å². The smallest absolute Gasteiger partial charge is 0.128 e. The maximum atomic E-state index is 10.9. The molecule has 0 aliphatic heterocycles. The number of aliphatic imine (C=N–C) groups is 2. The molecule has 0 atom stereocenters. The van der Waals surface area contributed by atoms with Gasteiger partial charge in [-0.05, 0) is 51.3 Å². The molecule has 2 aromatic carbocycles. The Morgan fingerprint density at radius 3 is 1.14 bits per heavy atom. The first-order valence-corrected chi connectivity index (χ1v) is 13.5. The number of aromatic hydroxyl groups is 2. The van der Waals surface area contributed by atoms with Gasteiger partial charge in [-0.1, -0.05) is 95.2 Å². The highest BCUT2D eigenvalue weighted by molar-refractivity contribution is 5.85. The summed E-state index contributed by atoms with van der Waals surface area (Å²) in [5.41, 5.74) is 5.43. The van der Waals surface area contributed by atoms with Crippen LogP contribution >= 0.6 is 0 Å². The molecule has 0 amide bonds. The first kappa shape index (κ1) is 30.6. The lowest BCUT2D eigenvalue weighted by Gasteiger charge is -2.27. The van der Waals surface area contributed by atoms with Crippen molar-refractivity contribution in [2.45, 2.75) is 111 Å². The van der Waals surface area contributed by atoms with Crippen LogP contribution in [0.1, 0.15) is 123 Å². The molecular formula is C33H50N2O2. The second kappa shape index (κ2) is 11.0. The molecule has 4 nitrogen and oxygen atoms in total. The van der Waals surface area contributed by atoms with Crippen molar-refractivity contribution in [3.05, 3.63) is 57.6 Å². The van der Waals surface area contributed by atoms with E-state index in [-0.39, 0.29) is 21.7 Å². The molecule has 4 heteroatoms. The Morgan fingerprint density at radius 1 is 0.541 bits per heavy atom. The summed E-state index contributed by atoms with van der Waals surface area (Å²) in [6.45, 7) is 27.0. The van der Waals surface area contributed by atoms with Crippen LogP contribution in [0.25, 0.3) is 0 Å². The van der Waals surface area contributed by atoms with Gasteiger partial charge in [-0.25, -0.2) is 0 Å². The maximum Gasteiger partial charge on any atom is 0.128 e. The normalized spacial score (nSPS) is 13.7. The van der Waals surface area contributed by atoms with Crippen LogP contribution in [0.5, 0.6) is 11.5 Å². The molecule has 0 aromatic heterocycles. The van der Waals surface area contributed by atoms with Gasteiger partial charge in [0.25, 0.3) is 0 Å². The lowest BCUT2D eigenvalue weighted by atomic mass is 9.79. The lowest BCUT2D eigenvalue weighted by molar-refractivity contribution is 0.443. The monoisotopic (exact) mass is 506 g/mol. The van der Waals surface area contributed by atoms with E-state index >= 15 is 0 Å². The van der Waals surface area contributed by atoms with E-state index in [2.05, 4.69) is 105 Å². The zero-order valence-electron chi connectivity index (χ0n) is 25.4. The van der Waals surface area contributed by atoms with Crippen LogP contribution in [-0.4, -0.2) is 35.7 Å². The number of phenols is 2. The van der Waals surface area contributed by atoms with E-state index in [1.165, 1.54) is 11.1 Å². The van der Waals surface area contributed by atoms with Crippen molar-refractivity contribution in [3.8, 4) is 11.5 Å². The van der Waals surface area contributed by atoms with E-state index in [0.717, 1.165) is 28.7 Å². The van der Waals surface area contributed by atoms with Gasteiger partial charge in [0.15, 0.2) is 0 Å². The molecule has 204 valence electrons. The summed E-state index contributed by atoms with van der Waals surface area (Å²) in [6.07, 6.45) is 4.36. The molecular weight excluding hydrogens is 456 g/mol. The van der Waals surface area contributed by atoms with Crippen LogP contribution in [0.2, 0.25) is 0 Å². The van der Waals surface area contributed by atoms with E-state index < -0.39 is 0 Å². The Morgan fingerprint density at radius 2 is 0.865 bits per heavy atom. The van der Waals surface area contributed by atoms with Crippen molar-refractivity contribution >= 4 is 12.4 Å². The Bertz CT molecular complexity index is 1050. The van der Waals surface area contributed by atoms with Gasteiger partial charge < -0.3 is 10.2 Å². The third-order valence-electron chi connectivity index (χ3n) is 6.66. The van der Waals surface area contributed by atoms with Crippen LogP contribution in [-0.2, 0) is 21.7 Å². The van der Waals surface area contributed by atoms with E-state index in [4.69, 9.17) is 0 Å². The van der Waals surface area contributed by atoms with E-state index in [1.54, 1.807) is 12.4 Å². The third kappa shape index (κ3) is 8.18. The molecule has 0 saturated heterocycles. The highest BCUT2D eigenvalue weighted by atomic mass is 16.3. The molecule has 0 aliphatic carbocycles. The predicted molar refractivity (Wildman–Crippen MR) is 161 cm³/mol. The van der Waals surface area contributed by atoms with Crippen molar-refractivity contribution in [2.75, 3.05) is 13.1 Å². The molecule has 0 aliphatic rings. The van der Waals surface area contributed by atoms with Gasteiger partial charge in [-0.3, -0.25) is 9.98 Å². The van der Waals surface area contributed by atoms with Crippen LogP contribution < -0.4 is 0 Å². The minimum absolute atomic E-state index is 0.0201. The highest BCUT2D eigenvalue weighted by Crippen LogP contribution is 2.38. The van der Waals surface area contributed by atoms with Crippen LogP contribution in [0.15, 0.2) is 34.3 Å². The predicted octanol–water partition coefficient (Wildman–Crippen LogP) is 8.22. The SMILES string of the molecule is CC(C)(C)c1cc(C=NCCCN=Cc2cc(C(C)(C)C)cc(C(C)(C)C)c2O)c(O)c(C(C)(C)C)c1. The van der Waals surface area contributed by atoms with Crippen LogP contribution in [0.3, 0.4) is 0 Å². The summed E-state index contributed by atoms with van der Waals surface area (Å²) >= 11 is 0. The standard InChI is InChI=1S/C33H50N2O2/c1-30(2,3)24-16-22(28(36)26(18-24)32(7,8)9)20-34-14-13-15-35-21-23-17-25(31(4,5)6)19-27(29(23)37)33(10,11)12/h16-21,36-37H,13-15H2,1-12H3. The Kier molecular flexibility index (Phi) is 9.11. The molecule has 0 heterocycles. The van der Waals surface area contributed by atoms with E-state index in [1.807, 2.05) is 12.1 Å². The van der Waals surface area contributed by atoms with Crippen molar-refractivity contribution in [3.63, 3.8) is 0 Å². The Labute approximate surface area is 226 Å². The summed E-state index contributed by atoms with van der Waals surface area (Å²) in [7, 11) is 0. The zero-order chi connectivity index (χ0) is 28.4. The van der Waals surface area contributed by atoms with Crippen molar-refractivity contribution in [1.29, 1.82) is 0 Å². The van der Waals surface area contributed by atoms with Crippen LogP contribution in [0, 0.1) is 0 Å². The molecule has 0 unspecified atom stereocenters. The van der Waals surface area contributed by atoms with Crippen molar-refractivity contribution in [2.24, 2.45) is 9.98 Å². The van der Waals surface area contributed by atoms with Gasteiger partial charge in [-0.2, -0.15) is 0 Å². The Hall–Kier alpha value is -2.62. The summed E-state index contributed by atoms with van der Waals surface area (Å²) in [5.74, 6) is 0.622. The first-order chi connectivity index (χ1) is 16.7. The minimum atomic E-state index is -0.161. The second-order valence-corrected chi connectivity index (χ2v) is 14.3. The van der Waals surface area contributed by atoms with Gasteiger partial charge >= 0.3 is 0 Å². The van der Waals surface area contributed by atoms with Crippen molar-refractivity contribution in [1.82, 2.24) is 0 Å². The molecule has 0 bridgehead atoms. The Balaban J connectivity index is 2.16. The quantitative estimate of drug-likeness (QED) is 0.306. The summed E-state index contributed by atoms with van der Waals surface area (Å²) < 4.78 is 0. The first-order valence-electron chi connectivity index (χ1n) is 13.5. The number of hydrogen-bond donors (Lipinski definition) is 2. The van der Waals surface area contributed by atoms with Gasteiger partial charge in [0.2, 0.25) is 0 Å². The number of benzene rings is 2. The fraction of sp³-hybridized carbons (Fsp3) is 0.576. The fourth-order valence-electron chi connectivity index (χ4n) is 4.10. The zero-order valence-corrected chi connectivity index (χ0v) is 25.4. The van der Waals surface area contributed by atoms with Crippen molar-refractivity contribution < 1.29 is 10.2 Å². The van der Waals surface area contributed by atoms with E-state index in [9.17, 15) is 10.2 Å². The summed E-state index contributed by atoms with van der Waals surface area (Å²) in [4.78, 5) is 9.19. The average molecular weight is 507 g/mol. The fourth-order valence-corrected chi connectivity index (χ4v) is 4.10. The number of hydrogen-bond acceptors (Lipinski definition) is 4. The molecule has 0 saturated carbocycles. The third-order valence-corrected chi connectivity index (χ3v) is 6.66. The molecule has 37 heavy (non-hydrogen) atoms. The molecule has 2 rings (SSSR count). The second-order valence-electron chi connectivity index (χ2n) is 14.3. The molecule has 2 aromatic rings. The van der Waals surface area contributed by atoms with Crippen LogP contribution in [0.4, 0.5) is 0 Å². The molecule has 2 N–H and O–H groups in total. The topological polar surface area (TPSA) is 65.2 Å². The van der Waals surface area contributed by atoms with E-state index in [0.29, 0.717) is 24.6 Å². The van der Waals surface area contributed by atoms with Gasteiger partial charge in [-0.15, -0.1) is 0 Å². The number of phenolic OH excluding ortho intramolecular Hbond substituents is 2.